The predicted octanol–water partition coefficient (Wildman–Crippen LogP) is -6.57. The molecule has 0 aliphatic carbocycles. The zero-order valence-corrected chi connectivity index (χ0v) is 17.3. The van der Waals surface area contributed by atoms with Crippen molar-refractivity contribution in [3.8, 4) is 0 Å². The van der Waals surface area contributed by atoms with Gasteiger partial charge in [0.2, 0.25) is 10.5 Å². The lowest BCUT2D eigenvalue weighted by molar-refractivity contribution is -0.376. The quantitative estimate of drug-likeness (QED) is 0.194. The zero-order valence-electron chi connectivity index (χ0n) is 15.3. The summed E-state index contributed by atoms with van der Waals surface area (Å²) in [6, 6.07) is 0. The van der Waals surface area contributed by atoms with Gasteiger partial charge in [0.15, 0.2) is 12.6 Å². The summed E-state index contributed by atoms with van der Waals surface area (Å²) in [6.07, 6.45) is -15.6. The predicted molar refractivity (Wildman–Crippen MR) is 90.3 cm³/mol. The van der Waals surface area contributed by atoms with E-state index in [1.54, 1.807) is 0 Å². The van der Waals surface area contributed by atoms with Crippen LogP contribution in [0.3, 0.4) is 0 Å². The van der Waals surface area contributed by atoms with E-state index in [0.29, 0.717) is 10.5 Å². The minimum absolute atomic E-state index is 0.184. The van der Waals surface area contributed by atoms with E-state index < -0.39 is 74.6 Å². The fourth-order valence-electron chi connectivity index (χ4n) is 2.49. The summed E-state index contributed by atoms with van der Waals surface area (Å²) in [6.45, 7) is 0.0615. The Morgan fingerprint density at radius 3 is 1.36 bits per heavy atom. The maximum absolute atomic E-state index is 9.84. The van der Waals surface area contributed by atoms with Crippen LogP contribution in [0.5, 0.6) is 0 Å². The minimum atomic E-state index is -1.72. The first-order valence-electron chi connectivity index (χ1n) is 8.40. The SMILES string of the molecule is CC(=O)O[SiH3].OC[C@H]1O[C@H](O[C@H]2O[C@H](CO)[C@@H](O)[C@H](O)[C@H]2O)[C@H](O)[C@@H](O)[C@@H]1O. The van der Waals surface area contributed by atoms with Gasteiger partial charge in [0.05, 0.1) is 13.2 Å². The number of carbonyl (C=O) groups excluding carboxylic acids is 1. The van der Waals surface area contributed by atoms with E-state index in [1.807, 2.05) is 0 Å². The highest BCUT2D eigenvalue weighted by Gasteiger charge is 2.49. The van der Waals surface area contributed by atoms with Gasteiger partial charge in [-0.1, -0.05) is 0 Å². The van der Waals surface area contributed by atoms with Crippen LogP contribution in [0.25, 0.3) is 0 Å². The molecule has 10 atom stereocenters. The second kappa shape index (κ2) is 11.4. The van der Waals surface area contributed by atoms with Gasteiger partial charge in [-0.15, -0.1) is 0 Å². The second-order valence-corrected chi connectivity index (χ2v) is 6.63. The third-order valence-corrected chi connectivity index (χ3v) is 4.83. The highest BCUT2D eigenvalue weighted by molar-refractivity contribution is 6.04. The molecule has 0 spiro atoms. The smallest absolute Gasteiger partial charge is 0.288 e. The van der Waals surface area contributed by atoms with Gasteiger partial charge in [-0.2, -0.15) is 0 Å². The van der Waals surface area contributed by atoms with Crippen LogP contribution in [0, 0.1) is 0 Å². The Kier molecular flexibility index (Phi) is 10.3. The maximum atomic E-state index is 9.84. The average Bonchev–Trinajstić information content (AvgIpc) is 2.68. The van der Waals surface area contributed by atoms with Gasteiger partial charge < -0.3 is 59.5 Å². The lowest BCUT2D eigenvalue weighted by Gasteiger charge is -2.44. The lowest BCUT2D eigenvalue weighted by Crippen LogP contribution is -2.63. The minimum Gasteiger partial charge on any atom is -0.529 e. The number of rotatable bonds is 4. The molecule has 2 heterocycles. The molecule has 166 valence electrons. The molecule has 0 bridgehead atoms. The largest absolute Gasteiger partial charge is 0.529 e. The second-order valence-electron chi connectivity index (χ2n) is 6.23. The van der Waals surface area contributed by atoms with Gasteiger partial charge in [-0.3, -0.25) is 4.79 Å². The van der Waals surface area contributed by atoms with Crippen LogP contribution < -0.4 is 0 Å². The van der Waals surface area contributed by atoms with Gasteiger partial charge in [-0.25, -0.2) is 0 Å². The van der Waals surface area contributed by atoms with Crippen molar-refractivity contribution in [3.05, 3.63) is 0 Å². The van der Waals surface area contributed by atoms with Crippen LogP contribution in [0.2, 0.25) is 0 Å². The van der Waals surface area contributed by atoms with Crippen LogP contribution in [-0.4, -0.2) is 132 Å². The van der Waals surface area contributed by atoms with E-state index >= 15 is 0 Å². The summed E-state index contributed by atoms with van der Waals surface area (Å²) in [5, 5.41) is 76.4. The molecule has 2 aliphatic rings. The third kappa shape index (κ3) is 6.12. The van der Waals surface area contributed by atoms with Gasteiger partial charge in [0.25, 0.3) is 5.97 Å². The monoisotopic (exact) mass is 432 g/mol. The fourth-order valence-corrected chi connectivity index (χ4v) is 2.49. The Morgan fingerprint density at radius 2 is 1.11 bits per heavy atom. The first-order valence-corrected chi connectivity index (χ1v) is 9.21. The van der Waals surface area contributed by atoms with E-state index in [9.17, 15) is 35.4 Å². The molecule has 2 aliphatic heterocycles. The summed E-state index contributed by atoms with van der Waals surface area (Å²) in [5.41, 5.74) is 0. The molecule has 0 aromatic heterocycles. The van der Waals surface area contributed by atoms with Gasteiger partial charge in [-0.05, 0) is 0 Å². The first kappa shape index (κ1) is 25.3. The molecule has 14 heteroatoms. The van der Waals surface area contributed by atoms with Crippen LogP contribution in [0.1, 0.15) is 6.92 Å². The molecule has 0 aromatic rings. The highest BCUT2D eigenvalue weighted by Crippen LogP contribution is 2.27. The van der Waals surface area contributed by atoms with Crippen LogP contribution in [-0.2, 0) is 23.4 Å². The molecule has 28 heavy (non-hydrogen) atoms. The van der Waals surface area contributed by atoms with Gasteiger partial charge >= 0.3 is 0 Å². The molecule has 8 N–H and O–H groups in total. The number of aliphatic hydroxyl groups is 8. The zero-order chi connectivity index (χ0) is 21.6. The van der Waals surface area contributed by atoms with Crippen LogP contribution >= 0.6 is 0 Å². The van der Waals surface area contributed by atoms with Crippen molar-refractivity contribution in [3.63, 3.8) is 0 Å². The number of carbonyl (C=O) groups is 1. The Balaban J connectivity index is 0.000000696. The third-order valence-electron chi connectivity index (χ3n) is 4.25. The topological polar surface area (TPSA) is 216 Å². The van der Waals surface area contributed by atoms with Crippen LogP contribution in [0.4, 0.5) is 0 Å². The molecular weight excluding hydrogens is 404 g/mol. The molecule has 0 aromatic carbocycles. The van der Waals surface area contributed by atoms with E-state index in [-0.39, 0.29) is 5.97 Å². The van der Waals surface area contributed by atoms with Crippen LogP contribution in [0.15, 0.2) is 0 Å². The summed E-state index contributed by atoms with van der Waals surface area (Å²) in [7, 11) is 0.524. The Bertz CT molecular complexity index is 444. The van der Waals surface area contributed by atoms with Crippen molar-refractivity contribution in [2.45, 2.75) is 68.3 Å². The van der Waals surface area contributed by atoms with Crippen molar-refractivity contribution < 1.29 is 64.3 Å². The molecular formula is C14H28O13Si. The number of hydrogen-bond acceptors (Lipinski definition) is 13. The van der Waals surface area contributed by atoms with E-state index in [1.165, 1.54) is 6.92 Å². The standard InChI is InChI=1S/C12H22O11.C2H6O2Si/c13-1-3-5(15)7(17)9(19)11(21-3)23-12-10(20)8(18)6(16)4(2-14)22-12;1-2(3)4-5/h3-20H,1-2H2;1,5H3/t3-,4-,5-,6-,7+,8+,9-,10-,11-,12-;/m1./s1. The summed E-state index contributed by atoms with van der Waals surface area (Å²) < 4.78 is 19.6. The number of hydrogen-bond donors (Lipinski definition) is 8. The van der Waals surface area contributed by atoms with E-state index in [4.69, 9.17) is 24.4 Å². The fraction of sp³-hybridized carbons (Fsp3) is 0.929. The first-order chi connectivity index (χ1) is 13.1. The molecule has 0 saturated carbocycles. The maximum Gasteiger partial charge on any atom is 0.288 e. The van der Waals surface area contributed by atoms with Gasteiger partial charge in [0.1, 0.15) is 48.8 Å². The number of aliphatic hydroxyl groups excluding tert-OH is 8. The molecule has 13 nitrogen and oxygen atoms in total. The summed E-state index contributed by atoms with van der Waals surface area (Å²) in [4.78, 5) is 9.62. The number of ether oxygens (including phenoxy) is 3. The highest BCUT2D eigenvalue weighted by atomic mass is 28.2. The van der Waals surface area contributed by atoms with Crippen molar-refractivity contribution >= 4 is 16.5 Å². The normalized spacial score (nSPS) is 43.8. The lowest BCUT2D eigenvalue weighted by atomic mass is 9.98. The average molecular weight is 432 g/mol. The molecule has 0 amide bonds. The summed E-state index contributed by atoms with van der Waals surface area (Å²) in [5.74, 6) is -0.184. The van der Waals surface area contributed by atoms with Crippen molar-refractivity contribution in [1.29, 1.82) is 0 Å². The summed E-state index contributed by atoms with van der Waals surface area (Å²) >= 11 is 0. The van der Waals surface area contributed by atoms with E-state index in [0.717, 1.165) is 0 Å². The Hall–Kier alpha value is -0.753. The van der Waals surface area contributed by atoms with Crippen molar-refractivity contribution in [2.24, 2.45) is 0 Å². The molecule has 0 unspecified atom stereocenters. The molecule has 2 rings (SSSR count). The molecule has 0 radical (unpaired) electrons. The Labute approximate surface area is 163 Å². The Morgan fingerprint density at radius 1 is 0.786 bits per heavy atom. The van der Waals surface area contributed by atoms with Crippen molar-refractivity contribution in [2.75, 3.05) is 13.2 Å². The molecule has 2 saturated heterocycles. The van der Waals surface area contributed by atoms with Crippen molar-refractivity contribution in [1.82, 2.24) is 0 Å². The van der Waals surface area contributed by atoms with E-state index in [2.05, 4.69) is 4.43 Å². The molecule has 2 fully saturated rings. The van der Waals surface area contributed by atoms with Gasteiger partial charge in [0, 0.05) is 6.92 Å².